The number of hydrogen-bond donors (Lipinski definition) is 4. The zero-order valence-electron chi connectivity index (χ0n) is 10.4. The summed E-state index contributed by atoms with van der Waals surface area (Å²) >= 11 is 0. The van der Waals surface area contributed by atoms with Gasteiger partial charge in [0.15, 0.2) is 0 Å². The van der Waals surface area contributed by atoms with Crippen molar-refractivity contribution in [1.29, 1.82) is 0 Å². The van der Waals surface area contributed by atoms with E-state index in [-0.39, 0.29) is 0 Å². The summed E-state index contributed by atoms with van der Waals surface area (Å²) in [4.78, 5) is 0. The van der Waals surface area contributed by atoms with Gasteiger partial charge >= 0.3 is 0 Å². The van der Waals surface area contributed by atoms with Gasteiger partial charge in [-0.25, -0.2) is 0 Å². The Balaban J connectivity index is 2.51. The highest BCUT2D eigenvalue weighted by Crippen LogP contribution is 2.20. The molecular formula is C12H21N3O2. The molecule has 0 saturated carbocycles. The Kier molecular flexibility index (Phi) is 4.60. The maximum Gasteiger partial charge on any atom is 0.0813 e. The van der Waals surface area contributed by atoms with E-state index in [2.05, 4.69) is 5.32 Å². The molecular weight excluding hydrogens is 218 g/mol. The van der Waals surface area contributed by atoms with Crippen molar-refractivity contribution in [3.8, 4) is 0 Å². The third-order valence-electron chi connectivity index (χ3n) is 2.60. The van der Waals surface area contributed by atoms with Crippen LogP contribution in [0.3, 0.4) is 0 Å². The molecule has 0 aromatic heterocycles. The van der Waals surface area contributed by atoms with Crippen LogP contribution < -0.4 is 16.8 Å². The van der Waals surface area contributed by atoms with Gasteiger partial charge in [0.1, 0.15) is 0 Å². The van der Waals surface area contributed by atoms with Crippen molar-refractivity contribution in [3.05, 3.63) is 18.2 Å². The summed E-state index contributed by atoms with van der Waals surface area (Å²) in [6.45, 7) is 2.72. The molecule has 17 heavy (non-hydrogen) atoms. The Morgan fingerprint density at radius 2 is 2.06 bits per heavy atom. The molecule has 6 N–H and O–H groups in total. The van der Waals surface area contributed by atoms with Gasteiger partial charge in [0.05, 0.1) is 17.0 Å². The van der Waals surface area contributed by atoms with Crippen LogP contribution in [0, 0.1) is 0 Å². The molecule has 0 aliphatic carbocycles. The van der Waals surface area contributed by atoms with Gasteiger partial charge in [-0.3, -0.25) is 0 Å². The molecule has 96 valence electrons. The summed E-state index contributed by atoms with van der Waals surface area (Å²) in [6.07, 6.45) is 0.570. The first-order valence-corrected chi connectivity index (χ1v) is 5.55. The minimum Gasteiger partial charge on any atom is -0.397 e. The second kappa shape index (κ2) is 5.75. The van der Waals surface area contributed by atoms with E-state index < -0.39 is 5.60 Å². The highest BCUT2D eigenvalue weighted by Gasteiger charge is 2.19. The lowest BCUT2D eigenvalue weighted by Crippen LogP contribution is -2.34. The fourth-order valence-corrected chi connectivity index (χ4v) is 1.39. The molecule has 1 aromatic rings. The van der Waals surface area contributed by atoms with E-state index in [1.807, 2.05) is 6.07 Å². The number of methoxy groups -OCH3 is 1. The predicted octanol–water partition coefficient (Wildman–Crippen LogP) is 1.05. The second-order valence-electron chi connectivity index (χ2n) is 4.44. The van der Waals surface area contributed by atoms with Crippen molar-refractivity contribution in [2.24, 2.45) is 0 Å². The molecule has 0 aliphatic heterocycles. The van der Waals surface area contributed by atoms with Crippen LogP contribution >= 0.6 is 0 Å². The average molecular weight is 239 g/mol. The van der Waals surface area contributed by atoms with Gasteiger partial charge in [-0.1, -0.05) is 0 Å². The average Bonchev–Trinajstić information content (AvgIpc) is 2.28. The number of aliphatic hydroxyl groups is 1. The molecule has 0 radical (unpaired) electrons. The summed E-state index contributed by atoms with van der Waals surface area (Å²) in [5.41, 5.74) is 12.4. The van der Waals surface area contributed by atoms with Crippen LogP contribution in [0.5, 0.6) is 0 Å². The summed E-state index contributed by atoms with van der Waals surface area (Å²) < 4.78 is 4.94. The van der Waals surface area contributed by atoms with Crippen LogP contribution in [-0.4, -0.2) is 31.0 Å². The fraction of sp³-hybridized carbons (Fsp3) is 0.500. The smallest absolute Gasteiger partial charge is 0.0813 e. The summed E-state index contributed by atoms with van der Waals surface area (Å²) in [7, 11) is 1.62. The van der Waals surface area contributed by atoms with E-state index >= 15 is 0 Å². The Hall–Kier alpha value is -1.46. The Bertz CT molecular complexity index is 367. The van der Waals surface area contributed by atoms with Crippen LogP contribution in [0.2, 0.25) is 0 Å². The second-order valence-corrected chi connectivity index (χ2v) is 4.44. The molecule has 5 nitrogen and oxygen atoms in total. The molecule has 0 spiro atoms. The van der Waals surface area contributed by atoms with Gasteiger partial charge in [-0.05, 0) is 25.1 Å². The molecule has 1 atom stereocenters. The van der Waals surface area contributed by atoms with Crippen molar-refractivity contribution in [1.82, 2.24) is 0 Å². The maximum absolute atomic E-state index is 10.0. The highest BCUT2D eigenvalue weighted by molar-refractivity contribution is 5.69. The molecule has 5 heteroatoms. The lowest BCUT2D eigenvalue weighted by molar-refractivity contribution is 0.0357. The first-order chi connectivity index (χ1) is 7.94. The summed E-state index contributed by atoms with van der Waals surface area (Å²) in [6, 6.07) is 5.32. The number of rotatable bonds is 6. The first-order valence-electron chi connectivity index (χ1n) is 5.55. The van der Waals surface area contributed by atoms with Gasteiger partial charge in [0, 0.05) is 32.4 Å². The molecule has 0 bridgehead atoms. The number of nitrogens with one attached hydrogen (secondary N) is 1. The molecule has 1 aromatic carbocycles. The van der Waals surface area contributed by atoms with Crippen LogP contribution in [0.4, 0.5) is 17.1 Å². The zero-order valence-corrected chi connectivity index (χ0v) is 10.4. The van der Waals surface area contributed by atoms with E-state index in [4.69, 9.17) is 16.2 Å². The Morgan fingerprint density at radius 3 is 2.65 bits per heavy atom. The zero-order chi connectivity index (χ0) is 12.9. The lowest BCUT2D eigenvalue weighted by Gasteiger charge is -2.24. The van der Waals surface area contributed by atoms with Gasteiger partial charge in [-0.2, -0.15) is 0 Å². The van der Waals surface area contributed by atoms with E-state index in [0.717, 1.165) is 5.69 Å². The van der Waals surface area contributed by atoms with E-state index in [1.165, 1.54) is 0 Å². The van der Waals surface area contributed by atoms with Crippen molar-refractivity contribution in [2.75, 3.05) is 37.0 Å². The SMILES string of the molecule is COCCC(C)(O)CNc1ccc(N)c(N)c1. The monoisotopic (exact) mass is 239 g/mol. The number of nitrogen functional groups attached to an aromatic ring is 2. The lowest BCUT2D eigenvalue weighted by atomic mass is 10.0. The van der Waals surface area contributed by atoms with E-state index in [1.54, 1.807) is 26.2 Å². The first kappa shape index (κ1) is 13.6. The standard InChI is InChI=1S/C12H21N3O2/c1-12(16,5-6-17-2)8-15-9-3-4-10(13)11(14)7-9/h3-4,7,15-16H,5-6,8,13-14H2,1-2H3. The molecule has 1 rings (SSSR count). The number of benzene rings is 1. The highest BCUT2D eigenvalue weighted by atomic mass is 16.5. The molecule has 0 amide bonds. The normalized spacial score (nSPS) is 14.3. The van der Waals surface area contributed by atoms with Crippen LogP contribution in [0.25, 0.3) is 0 Å². The third-order valence-corrected chi connectivity index (χ3v) is 2.60. The molecule has 0 saturated heterocycles. The molecule has 1 unspecified atom stereocenters. The van der Waals surface area contributed by atoms with Gasteiger partial charge in [0.2, 0.25) is 0 Å². The Morgan fingerprint density at radius 1 is 1.35 bits per heavy atom. The number of nitrogens with two attached hydrogens (primary N) is 2. The minimum atomic E-state index is -0.813. The van der Waals surface area contributed by atoms with E-state index in [9.17, 15) is 5.11 Å². The predicted molar refractivity (Wildman–Crippen MR) is 70.9 cm³/mol. The van der Waals surface area contributed by atoms with Gasteiger partial charge < -0.3 is 26.6 Å². The maximum atomic E-state index is 10.0. The van der Waals surface area contributed by atoms with Crippen LogP contribution in [0.15, 0.2) is 18.2 Å². The van der Waals surface area contributed by atoms with Crippen LogP contribution in [-0.2, 0) is 4.74 Å². The Labute approximate surface area is 102 Å². The summed E-state index contributed by atoms with van der Waals surface area (Å²) in [5.74, 6) is 0. The third kappa shape index (κ3) is 4.50. The quantitative estimate of drug-likeness (QED) is 0.557. The van der Waals surface area contributed by atoms with Crippen molar-refractivity contribution in [2.45, 2.75) is 18.9 Å². The number of hydrogen-bond acceptors (Lipinski definition) is 5. The number of anilines is 3. The van der Waals surface area contributed by atoms with Gasteiger partial charge in [-0.15, -0.1) is 0 Å². The number of ether oxygens (including phenoxy) is 1. The van der Waals surface area contributed by atoms with Crippen LogP contribution in [0.1, 0.15) is 13.3 Å². The largest absolute Gasteiger partial charge is 0.397 e. The van der Waals surface area contributed by atoms with Crippen molar-refractivity contribution < 1.29 is 9.84 Å². The minimum absolute atomic E-state index is 0.430. The molecule has 0 fully saturated rings. The molecule has 0 heterocycles. The topological polar surface area (TPSA) is 93.5 Å². The van der Waals surface area contributed by atoms with Crippen molar-refractivity contribution in [3.63, 3.8) is 0 Å². The molecule has 0 aliphatic rings. The van der Waals surface area contributed by atoms with E-state index in [0.29, 0.717) is 30.9 Å². The summed E-state index contributed by atoms with van der Waals surface area (Å²) in [5, 5.41) is 13.2. The van der Waals surface area contributed by atoms with Gasteiger partial charge in [0.25, 0.3) is 0 Å². The van der Waals surface area contributed by atoms with Crippen molar-refractivity contribution >= 4 is 17.1 Å². The fourth-order valence-electron chi connectivity index (χ4n) is 1.39.